The molecule has 1 aliphatic heterocycles. The Morgan fingerprint density at radius 3 is 2.50 bits per heavy atom. The number of cyclic esters (lactones) is 1. The van der Waals surface area contributed by atoms with Gasteiger partial charge in [-0.25, -0.2) is 0 Å². The van der Waals surface area contributed by atoms with Crippen LogP contribution >= 0.6 is 0 Å². The Balaban J connectivity index is 1.21. The van der Waals surface area contributed by atoms with Crippen molar-refractivity contribution in [2.24, 2.45) is 92.4 Å². The van der Waals surface area contributed by atoms with Crippen LogP contribution in [0.15, 0.2) is 46.4 Å². The van der Waals surface area contributed by atoms with E-state index in [4.69, 9.17) is 16.2 Å². The molecule has 2 heterocycles. The minimum absolute atomic E-state index is 0.0223. The molecule has 5 fully saturated rings. The summed E-state index contributed by atoms with van der Waals surface area (Å²) in [5.74, 6) is 4.51. The van der Waals surface area contributed by atoms with Crippen molar-refractivity contribution in [2.75, 3.05) is 19.7 Å². The van der Waals surface area contributed by atoms with Gasteiger partial charge in [-0.15, -0.1) is 5.92 Å². The number of esters is 1. The molecule has 68 heavy (non-hydrogen) atoms. The number of aromatic nitrogens is 1. The van der Waals surface area contributed by atoms with E-state index in [1.165, 1.54) is 12.5 Å². The summed E-state index contributed by atoms with van der Waals surface area (Å²) in [5.41, 5.74) is 9.31. The average molecular weight is 940 g/mol. The summed E-state index contributed by atoms with van der Waals surface area (Å²) in [6, 6.07) is 1.94. The van der Waals surface area contributed by atoms with Gasteiger partial charge in [-0.05, 0) is 155 Å². The molecule has 0 bridgehead atoms. The Kier molecular flexibility index (Phi) is 13.2. The SMILES string of the molecule is CC(=O)CNC1=C2[C@H](CC[C@]3(CCN=C(N)N)[C@@H]4[C@@H](CC#C[C@H]([C@@H]5COC(=O)[C@H]5c5cc[nH]c5)C[C@@H]5[C@@H](CC=C6CC[C@H](C)C[C@H]65)[C@H](C)C[C@@H](O)[C@]4(C)O)C[C@@]23O)[C@@]2(C)C[C@H](O)[C@H](O)C[C@H]2C1=O. The normalized spacial score (nSPS) is 45.7. The number of fused-ring (bicyclic) bond motifs is 10. The van der Waals surface area contributed by atoms with Gasteiger partial charge in [0.15, 0.2) is 11.7 Å². The largest absolute Gasteiger partial charge is 0.465 e. The van der Waals surface area contributed by atoms with Crippen molar-refractivity contribution in [2.45, 2.75) is 154 Å². The molecule has 0 spiro atoms. The molecule has 1 aromatic heterocycles. The van der Waals surface area contributed by atoms with Crippen LogP contribution in [0.3, 0.4) is 0 Å². The summed E-state index contributed by atoms with van der Waals surface area (Å²) in [5, 5.41) is 65.8. The first-order valence-electron chi connectivity index (χ1n) is 25.7. The highest BCUT2D eigenvalue weighted by Crippen LogP contribution is 2.72. The lowest BCUT2D eigenvalue weighted by Crippen LogP contribution is -2.65. The number of Topliss-reactive ketones (excluding diaryl/α,β-unsaturated/α-hetero) is 2. The molecule has 11 N–H and O–H groups in total. The van der Waals surface area contributed by atoms with Crippen molar-refractivity contribution < 1.29 is 44.7 Å². The number of hydrogen-bond donors (Lipinski definition) is 9. The minimum atomic E-state index is -1.79. The number of nitrogens with zero attached hydrogens (tertiary/aromatic N) is 1. The third-order valence-electron chi connectivity index (χ3n) is 19.7. The van der Waals surface area contributed by atoms with Crippen LogP contribution in [0.5, 0.6) is 0 Å². The van der Waals surface area contributed by atoms with Crippen molar-refractivity contribution in [3.8, 4) is 11.8 Å². The van der Waals surface area contributed by atoms with Crippen molar-refractivity contribution in [3.63, 3.8) is 0 Å². The van der Waals surface area contributed by atoms with Gasteiger partial charge in [-0.3, -0.25) is 19.4 Å². The van der Waals surface area contributed by atoms with Gasteiger partial charge >= 0.3 is 5.97 Å². The Bertz CT molecular complexity index is 2280. The molecule has 7 aliphatic carbocycles. The molecule has 4 saturated carbocycles. The average Bonchev–Trinajstić information content (AvgIpc) is 4.00. The van der Waals surface area contributed by atoms with Gasteiger partial charge in [0.05, 0.1) is 54.3 Å². The third-order valence-corrected chi connectivity index (χ3v) is 19.7. The van der Waals surface area contributed by atoms with Gasteiger partial charge in [0.2, 0.25) is 0 Å². The highest BCUT2D eigenvalue weighted by Gasteiger charge is 2.74. The zero-order valence-electron chi connectivity index (χ0n) is 40.8. The summed E-state index contributed by atoms with van der Waals surface area (Å²) in [6.45, 7) is 9.86. The van der Waals surface area contributed by atoms with Gasteiger partial charge in [-0.1, -0.05) is 38.3 Å². The number of aliphatic imine (C=N–C) groups is 1. The zero-order valence-corrected chi connectivity index (χ0v) is 40.8. The van der Waals surface area contributed by atoms with Gasteiger partial charge in [0, 0.05) is 54.4 Å². The van der Waals surface area contributed by atoms with Crippen LogP contribution in [0.25, 0.3) is 0 Å². The van der Waals surface area contributed by atoms with Crippen LogP contribution in [0, 0.1) is 87.8 Å². The first-order valence-corrected chi connectivity index (χ1v) is 25.7. The molecule has 1 aromatic rings. The summed E-state index contributed by atoms with van der Waals surface area (Å²) in [6.07, 6.45) is 9.54. The zero-order chi connectivity index (χ0) is 48.7. The number of ether oxygens (including phenoxy) is 1. The van der Waals surface area contributed by atoms with Crippen molar-refractivity contribution in [1.82, 2.24) is 10.3 Å². The van der Waals surface area contributed by atoms with Gasteiger partial charge in [-0.2, -0.15) is 0 Å². The van der Waals surface area contributed by atoms with Crippen LogP contribution in [-0.4, -0.2) is 103 Å². The fourth-order valence-electron chi connectivity index (χ4n) is 16.5. The maximum Gasteiger partial charge on any atom is 0.313 e. The molecule has 9 rings (SSSR count). The number of ketones is 2. The van der Waals surface area contributed by atoms with Crippen LogP contribution in [-0.2, 0) is 19.1 Å². The number of carbonyl (C=O) groups is 3. The molecule has 0 amide bonds. The summed E-state index contributed by atoms with van der Waals surface area (Å²) < 4.78 is 5.90. The Morgan fingerprint density at radius 2 is 1.78 bits per heavy atom. The fraction of sp³-hybridized carbons (Fsp3) is 0.741. The molecular weight excluding hydrogens is 863 g/mol. The number of guanidine groups is 1. The number of H-pyrrole nitrogens is 1. The summed E-state index contributed by atoms with van der Waals surface area (Å²) >= 11 is 0. The predicted molar refractivity (Wildman–Crippen MR) is 256 cm³/mol. The van der Waals surface area contributed by atoms with E-state index in [0.29, 0.717) is 36.7 Å². The Hall–Kier alpha value is -4.00. The number of rotatable bonds is 8. The molecule has 372 valence electrons. The van der Waals surface area contributed by atoms with Crippen molar-refractivity contribution in [1.29, 1.82) is 0 Å². The van der Waals surface area contributed by atoms with E-state index >= 15 is 4.79 Å². The second-order valence-electron chi connectivity index (χ2n) is 23.5. The molecule has 1 saturated heterocycles. The maximum atomic E-state index is 15.0. The first-order chi connectivity index (χ1) is 32.2. The summed E-state index contributed by atoms with van der Waals surface area (Å²) in [4.78, 5) is 49.0. The van der Waals surface area contributed by atoms with E-state index in [-0.39, 0.29) is 111 Å². The highest BCUT2D eigenvalue weighted by molar-refractivity contribution is 6.00. The van der Waals surface area contributed by atoms with Gasteiger partial charge < -0.3 is 52.0 Å². The molecule has 0 aromatic carbocycles. The fourth-order valence-corrected chi connectivity index (χ4v) is 16.5. The molecule has 14 heteroatoms. The van der Waals surface area contributed by atoms with E-state index < -0.39 is 69.9 Å². The molecule has 19 atom stereocenters. The lowest BCUT2D eigenvalue weighted by Gasteiger charge is -2.62. The van der Waals surface area contributed by atoms with E-state index in [1.807, 2.05) is 25.4 Å². The lowest BCUT2D eigenvalue weighted by atomic mass is 9.44. The van der Waals surface area contributed by atoms with Gasteiger partial charge in [0.1, 0.15) is 5.78 Å². The van der Waals surface area contributed by atoms with Crippen LogP contribution in [0.2, 0.25) is 0 Å². The second kappa shape index (κ2) is 18.3. The second-order valence-corrected chi connectivity index (χ2v) is 23.5. The smallest absolute Gasteiger partial charge is 0.313 e. The van der Waals surface area contributed by atoms with E-state index in [0.717, 1.165) is 37.7 Å². The lowest BCUT2D eigenvalue weighted by molar-refractivity contribution is -0.190. The standard InChI is InChI=1S/C54H77N5O9/c1-28-9-10-31-11-12-35-29(2)20-43(63)52(5,66)48-33(8-6-7-32(21-37(35)36(31)19-28)38-27-68-49(65)44(38)34-14-17-57-26-34)23-54(67)45-39(13-15-53(48,54)16-18-58-50(55)56)51(4)24-42(62)41(61)22-40(51)47(64)46(45)59-25-30(3)60/h11,14,17,26,28-29,32-33,35-44,48,57,59,61-63,66-67H,8-10,12-13,15-16,18-25,27H2,1-5H3,(H4,55,56,58)/t28-,29+,32-,33-,35-,36+,37+,38-,39-,40-,41+,42-,43+,44-,48+,51+,52-,53-,54+/m0/s1. The highest BCUT2D eigenvalue weighted by atomic mass is 16.5. The van der Waals surface area contributed by atoms with E-state index in [2.05, 4.69) is 47.1 Å². The molecule has 8 aliphatic rings. The number of nitrogens with two attached hydrogens (primary N) is 2. The van der Waals surface area contributed by atoms with E-state index in [9.17, 15) is 35.1 Å². The third kappa shape index (κ3) is 8.08. The Morgan fingerprint density at radius 1 is 1.00 bits per heavy atom. The number of nitrogens with one attached hydrogen (secondary N) is 2. The molecule has 0 radical (unpaired) electrons. The quantitative estimate of drug-likeness (QED) is 0.0579. The van der Waals surface area contributed by atoms with Crippen LogP contribution in [0.1, 0.15) is 130 Å². The number of aliphatic hydroxyl groups is 5. The maximum absolute atomic E-state index is 15.0. The van der Waals surface area contributed by atoms with Crippen LogP contribution in [0.4, 0.5) is 0 Å². The Labute approximate surface area is 401 Å². The minimum Gasteiger partial charge on any atom is -0.465 e. The van der Waals surface area contributed by atoms with Crippen molar-refractivity contribution in [3.05, 3.63) is 46.9 Å². The summed E-state index contributed by atoms with van der Waals surface area (Å²) in [7, 11) is 0. The molecule has 14 nitrogen and oxygen atoms in total. The number of allylic oxidation sites excluding steroid dienone is 3. The van der Waals surface area contributed by atoms with Gasteiger partial charge in [0.25, 0.3) is 0 Å². The predicted octanol–water partition coefficient (Wildman–Crippen LogP) is 4.40. The van der Waals surface area contributed by atoms with Crippen molar-refractivity contribution >= 4 is 23.5 Å². The number of hydrogen-bond acceptors (Lipinski definition) is 11. The molecular formula is C54H77N5O9. The number of aromatic amines is 1. The van der Waals surface area contributed by atoms with Crippen LogP contribution < -0.4 is 16.8 Å². The number of carbonyl (C=O) groups excluding carboxylic acids is 3. The first kappa shape index (κ1) is 49.0. The topological polar surface area (TPSA) is 254 Å². The van der Waals surface area contributed by atoms with E-state index in [1.54, 1.807) is 6.92 Å². The molecule has 0 unspecified atom stereocenters. The monoisotopic (exact) mass is 940 g/mol. The number of aliphatic hydroxyl groups excluding tert-OH is 3.